The van der Waals surface area contributed by atoms with E-state index in [1.165, 1.54) is 11.8 Å². The summed E-state index contributed by atoms with van der Waals surface area (Å²) in [5.74, 6) is 0.931. The van der Waals surface area contributed by atoms with Gasteiger partial charge in [-0.05, 0) is 55.2 Å². The number of rotatable bonds is 8. The molecule has 31 heavy (non-hydrogen) atoms. The number of carbonyl (C=O) groups is 1. The van der Waals surface area contributed by atoms with Crippen LogP contribution in [-0.4, -0.2) is 28.3 Å². The van der Waals surface area contributed by atoms with Gasteiger partial charge in [0.1, 0.15) is 5.75 Å². The topological polar surface area (TPSA) is 73.2 Å². The largest absolute Gasteiger partial charge is 0.495 e. The summed E-state index contributed by atoms with van der Waals surface area (Å²) in [6.07, 6.45) is 0.834. The summed E-state index contributed by atoms with van der Waals surface area (Å²) in [5.41, 5.74) is 2.04. The third-order valence-corrected chi connectivity index (χ3v) is 5.99. The first-order valence-electron chi connectivity index (χ1n) is 10.1. The Morgan fingerprint density at radius 2 is 2.03 bits per heavy atom. The lowest BCUT2D eigenvalue weighted by Crippen LogP contribution is -2.25. The molecule has 0 spiro atoms. The average molecular weight is 460 g/mol. The normalized spacial score (nSPS) is 11.2. The number of methoxy groups -OCH3 is 1. The number of halogens is 1. The molecule has 2 aromatic carbocycles. The Labute approximate surface area is 191 Å². The molecule has 1 heterocycles. The lowest BCUT2D eigenvalue weighted by Gasteiger charge is -2.15. The number of hydrogen-bond donors (Lipinski definition) is 1. The van der Waals surface area contributed by atoms with Crippen molar-refractivity contribution in [2.75, 3.05) is 18.2 Å². The van der Waals surface area contributed by atoms with Gasteiger partial charge >= 0.3 is 0 Å². The summed E-state index contributed by atoms with van der Waals surface area (Å²) >= 11 is 7.33. The lowest BCUT2D eigenvalue weighted by atomic mass is 10.1. The molecule has 6 nitrogen and oxygen atoms in total. The van der Waals surface area contributed by atoms with Crippen molar-refractivity contribution in [2.45, 2.75) is 38.9 Å². The molecule has 3 aromatic rings. The summed E-state index contributed by atoms with van der Waals surface area (Å²) in [4.78, 5) is 30.3. The molecule has 0 saturated carbocycles. The second kappa shape index (κ2) is 10.2. The maximum atomic E-state index is 13.1. The zero-order valence-corrected chi connectivity index (χ0v) is 19.6. The van der Waals surface area contributed by atoms with Gasteiger partial charge < -0.3 is 10.1 Å². The van der Waals surface area contributed by atoms with Crippen molar-refractivity contribution in [1.29, 1.82) is 0 Å². The van der Waals surface area contributed by atoms with Crippen LogP contribution in [0.1, 0.15) is 25.8 Å². The van der Waals surface area contributed by atoms with Gasteiger partial charge in [0.15, 0.2) is 5.16 Å². The zero-order chi connectivity index (χ0) is 22.5. The lowest BCUT2D eigenvalue weighted by molar-refractivity contribution is -0.113. The monoisotopic (exact) mass is 459 g/mol. The highest BCUT2D eigenvalue weighted by molar-refractivity contribution is 7.99. The number of nitrogens with one attached hydrogen (secondary N) is 1. The number of carbonyl (C=O) groups excluding carboxylic acids is 1. The Bertz CT molecular complexity index is 1160. The maximum absolute atomic E-state index is 13.1. The van der Waals surface area contributed by atoms with Crippen LogP contribution < -0.4 is 15.6 Å². The minimum absolute atomic E-state index is 0.108. The fraction of sp³-hybridized carbons (Fsp3) is 0.348. The van der Waals surface area contributed by atoms with Crippen molar-refractivity contribution in [2.24, 2.45) is 5.92 Å². The maximum Gasteiger partial charge on any atom is 0.262 e. The highest BCUT2D eigenvalue weighted by atomic mass is 35.5. The molecule has 8 heteroatoms. The molecule has 0 fully saturated rings. The Kier molecular flexibility index (Phi) is 7.62. The molecule has 1 amide bonds. The molecule has 0 unspecified atom stereocenters. The van der Waals surface area contributed by atoms with Crippen molar-refractivity contribution in [1.82, 2.24) is 9.55 Å². The Morgan fingerprint density at radius 1 is 1.26 bits per heavy atom. The number of amides is 1. The third kappa shape index (κ3) is 5.80. The van der Waals surface area contributed by atoms with Crippen molar-refractivity contribution >= 4 is 45.9 Å². The number of aryl methyl sites for hydroxylation is 1. The van der Waals surface area contributed by atoms with Crippen LogP contribution in [0.4, 0.5) is 5.69 Å². The van der Waals surface area contributed by atoms with E-state index in [4.69, 9.17) is 16.3 Å². The first-order valence-corrected chi connectivity index (χ1v) is 11.4. The quantitative estimate of drug-likeness (QED) is 0.372. The molecule has 1 aromatic heterocycles. The minimum Gasteiger partial charge on any atom is -0.495 e. The van der Waals surface area contributed by atoms with Crippen molar-refractivity contribution in [3.63, 3.8) is 0 Å². The Morgan fingerprint density at radius 3 is 2.74 bits per heavy atom. The summed E-state index contributed by atoms with van der Waals surface area (Å²) in [7, 11) is 1.56. The molecule has 1 N–H and O–H groups in total. The fourth-order valence-corrected chi connectivity index (χ4v) is 4.10. The van der Waals surface area contributed by atoms with Crippen LogP contribution in [0.15, 0.2) is 46.3 Å². The van der Waals surface area contributed by atoms with Crippen molar-refractivity contribution in [3.05, 3.63) is 57.3 Å². The van der Waals surface area contributed by atoms with E-state index in [2.05, 4.69) is 24.1 Å². The molecule has 164 valence electrons. The SMILES string of the molecule is COc1ccc(C)cc1NC(=O)CSc1nc2cc(Cl)ccc2c(=O)n1CCC(C)C. The smallest absolute Gasteiger partial charge is 0.262 e. The third-order valence-electron chi connectivity index (χ3n) is 4.77. The predicted molar refractivity (Wildman–Crippen MR) is 128 cm³/mol. The van der Waals surface area contributed by atoms with E-state index < -0.39 is 0 Å². The number of ether oxygens (including phenoxy) is 1. The van der Waals surface area contributed by atoms with E-state index in [-0.39, 0.29) is 17.2 Å². The van der Waals surface area contributed by atoms with Crippen LogP contribution in [0.25, 0.3) is 10.9 Å². The summed E-state index contributed by atoms with van der Waals surface area (Å²) < 4.78 is 6.97. The molecule has 0 aliphatic carbocycles. The number of benzene rings is 2. The number of aromatic nitrogens is 2. The van der Waals surface area contributed by atoms with Crippen LogP contribution in [0.3, 0.4) is 0 Å². The molecule has 3 rings (SSSR count). The van der Waals surface area contributed by atoms with Crippen LogP contribution in [0.2, 0.25) is 5.02 Å². The second-order valence-corrected chi connectivity index (χ2v) is 9.11. The number of anilines is 1. The molecule has 0 radical (unpaired) electrons. The van der Waals surface area contributed by atoms with E-state index in [1.54, 1.807) is 29.9 Å². The van der Waals surface area contributed by atoms with Gasteiger partial charge in [0.2, 0.25) is 5.91 Å². The average Bonchev–Trinajstić information content (AvgIpc) is 2.71. The van der Waals surface area contributed by atoms with E-state index >= 15 is 0 Å². The van der Waals surface area contributed by atoms with E-state index in [1.807, 2.05) is 25.1 Å². The molecule has 0 saturated heterocycles. The number of fused-ring (bicyclic) bond motifs is 1. The number of thioether (sulfide) groups is 1. The van der Waals surface area contributed by atoms with Gasteiger partial charge in [-0.25, -0.2) is 4.98 Å². The highest BCUT2D eigenvalue weighted by Gasteiger charge is 2.15. The molecule has 0 atom stereocenters. The van der Waals surface area contributed by atoms with Crippen molar-refractivity contribution < 1.29 is 9.53 Å². The van der Waals surface area contributed by atoms with Crippen LogP contribution >= 0.6 is 23.4 Å². The van der Waals surface area contributed by atoms with Crippen LogP contribution in [0.5, 0.6) is 5.75 Å². The predicted octanol–water partition coefficient (Wildman–Crippen LogP) is 5.14. The molecule has 0 aliphatic heterocycles. The molecular formula is C23H26ClN3O3S. The van der Waals surface area contributed by atoms with Crippen LogP contribution in [0, 0.1) is 12.8 Å². The summed E-state index contributed by atoms with van der Waals surface area (Å²) in [5, 5.41) is 4.42. The fourth-order valence-electron chi connectivity index (χ4n) is 3.10. The van der Waals surface area contributed by atoms with E-state index in [9.17, 15) is 9.59 Å². The Hall–Kier alpha value is -2.51. The van der Waals surface area contributed by atoms with Crippen LogP contribution in [-0.2, 0) is 11.3 Å². The molecular weight excluding hydrogens is 434 g/mol. The second-order valence-electron chi connectivity index (χ2n) is 7.74. The first kappa shape index (κ1) is 23.2. The van der Waals surface area contributed by atoms with E-state index in [0.29, 0.717) is 45.0 Å². The van der Waals surface area contributed by atoms with Gasteiger partial charge in [-0.1, -0.05) is 43.3 Å². The van der Waals surface area contributed by atoms with Gasteiger partial charge in [0, 0.05) is 11.6 Å². The summed E-state index contributed by atoms with van der Waals surface area (Å²) in [6.45, 7) is 6.70. The zero-order valence-electron chi connectivity index (χ0n) is 18.1. The molecule has 0 aliphatic rings. The minimum atomic E-state index is -0.204. The highest BCUT2D eigenvalue weighted by Crippen LogP contribution is 2.26. The van der Waals surface area contributed by atoms with Gasteiger partial charge in [0.05, 0.1) is 29.5 Å². The number of nitrogens with zero attached hydrogens (tertiary/aromatic N) is 2. The van der Waals surface area contributed by atoms with Gasteiger partial charge in [-0.2, -0.15) is 0 Å². The summed E-state index contributed by atoms with van der Waals surface area (Å²) in [6, 6.07) is 10.7. The first-order chi connectivity index (χ1) is 14.8. The van der Waals surface area contributed by atoms with Crippen molar-refractivity contribution in [3.8, 4) is 5.75 Å². The standard InChI is InChI=1S/C23H26ClN3O3S/c1-14(2)9-10-27-22(29)17-7-6-16(24)12-18(17)26-23(27)31-13-21(28)25-19-11-15(3)5-8-20(19)30-4/h5-8,11-12,14H,9-10,13H2,1-4H3,(H,25,28). The van der Waals surface area contributed by atoms with Gasteiger partial charge in [-0.15, -0.1) is 0 Å². The number of hydrogen-bond acceptors (Lipinski definition) is 5. The molecule has 0 bridgehead atoms. The Balaban J connectivity index is 1.85. The van der Waals surface area contributed by atoms with Gasteiger partial charge in [-0.3, -0.25) is 14.2 Å². The van der Waals surface area contributed by atoms with E-state index in [0.717, 1.165) is 12.0 Å². The van der Waals surface area contributed by atoms with Gasteiger partial charge in [0.25, 0.3) is 5.56 Å².